The highest BCUT2D eigenvalue weighted by molar-refractivity contribution is 7.08. The first kappa shape index (κ1) is 20.2. The van der Waals surface area contributed by atoms with Crippen LogP contribution in [0.15, 0.2) is 41.1 Å². The zero-order valence-corrected chi connectivity index (χ0v) is 16.8. The molecule has 1 aliphatic rings. The molecule has 3 amide bonds. The van der Waals surface area contributed by atoms with Crippen molar-refractivity contribution in [2.24, 2.45) is 0 Å². The lowest BCUT2D eigenvalue weighted by Gasteiger charge is -2.34. The first-order valence-corrected chi connectivity index (χ1v) is 10.4. The van der Waals surface area contributed by atoms with Gasteiger partial charge < -0.3 is 20.3 Å². The lowest BCUT2D eigenvalue weighted by atomic mass is 10.3. The molecule has 0 bridgehead atoms. The molecule has 0 spiro atoms. The number of urea groups is 1. The summed E-state index contributed by atoms with van der Waals surface area (Å²) < 4.78 is 5.41. The number of carbonyl (C=O) groups excluding carboxylic acids is 2. The van der Waals surface area contributed by atoms with Crippen molar-refractivity contribution in [2.75, 3.05) is 51.2 Å². The molecule has 0 aliphatic carbocycles. The van der Waals surface area contributed by atoms with Crippen LogP contribution in [0.2, 0.25) is 0 Å². The Bertz CT molecular complexity index is 756. The summed E-state index contributed by atoms with van der Waals surface area (Å²) in [7, 11) is 0. The summed E-state index contributed by atoms with van der Waals surface area (Å²) in [5, 5.41) is 9.60. The second-order valence-corrected chi connectivity index (χ2v) is 7.26. The van der Waals surface area contributed by atoms with E-state index in [-0.39, 0.29) is 11.9 Å². The largest absolute Gasteiger partial charge is 0.494 e. The van der Waals surface area contributed by atoms with E-state index in [1.165, 1.54) is 11.3 Å². The number of amides is 3. The number of anilines is 1. The van der Waals surface area contributed by atoms with E-state index in [9.17, 15) is 9.59 Å². The zero-order valence-electron chi connectivity index (χ0n) is 16.0. The Balaban J connectivity index is 1.36. The van der Waals surface area contributed by atoms with E-state index in [1.807, 2.05) is 52.9 Å². The van der Waals surface area contributed by atoms with E-state index in [2.05, 4.69) is 15.5 Å². The van der Waals surface area contributed by atoms with Gasteiger partial charge in [-0.1, -0.05) is 0 Å². The summed E-state index contributed by atoms with van der Waals surface area (Å²) in [4.78, 5) is 28.4. The maximum atomic E-state index is 12.4. The van der Waals surface area contributed by atoms with E-state index in [4.69, 9.17) is 4.74 Å². The van der Waals surface area contributed by atoms with Gasteiger partial charge in [0.1, 0.15) is 5.75 Å². The van der Waals surface area contributed by atoms with Gasteiger partial charge in [-0.15, -0.1) is 0 Å². The van der Waals surface area contributed by atoms with E-state index >= 15 is 0 Å². The normalized spacial score (nSPS) is 14.5. The smallest absolute Gasteiger partial charge is 0.321 e. The Labute approximate surface area is 169 Å². The average Bonchev–Trinajstić information content (AvgIpc) is 3.25. The molecule has 0 saturated carbocycles. The third kappa shape index (κ3) is 5.71. The molecule has 0 unspecified atom stereocenters. The van der Waals surface area contributed by atoms with Crippen molar-refractivity contribution < 1.29 is 14.3 Å². The Morgan fingerprint density at radius 1 is 1.11 bits per heavy atom. The minimum absolute atomic E-state index is 0.0328. The van der Waals surface area contributed by atoms with Gasteiger partial charge in [0.2, 0.25) is 0 Å². The van der Waals surface area contributed by atoms with Crippen molar-refractivity contribution in [1.29, 1.82) is 0 Å². The van der Waals surface area contributed by atoms with Crippen LogP contribution in [0, 0.1) is 0 Å². The molecule has 28 heavy (non-hydrogen) atoms. The molecule has 2 heterocycles. The summed E-state index contributed by atoms with van der Waals surface area (Å²) in [6, 6.07) is 9.12. The average molecular weight is 403 g/mol. The molecule has 2 N–H and O–H groups in total. The van der Waals surface area contributed by atoms with Crippen molar-refractivity contribution in [2.45, 2.75) is 6.92 Å². The van der Waals surface area contributed by atoms with Crippen molar-refractivity contribution in [3.05, 3.63) is 46.7 Å². The fraction of sp³-hybridized carbons (Fsp3) is 0.400. The molecule has 8 heteroatoms. The SMILES string of the molecule is CCOc1ccc(NC(=O)N2CCN(CCNC(=O)c3ccsc3)CC2)cc1. The summed E-state index contributed by atoms with van der Waals surface area (Å²) >= 11 is 1.51. The van der Waals surface area contributed by atoms with Crippen LogP contribution in [0.25, 0.3) is 0 Å². The van der Waals surface area contributed by atoms with Crippen LogP contribution in [-0.2, 0) is 0 Å². The second-order valence-electron chi connectivity index (χ2n) is 6.48. The van der Waals surface area contributed by atoms with Crippen molar-refractivity contribution >= 4 is 29.0 Å². The molecule has 3 rings (SSSR count). The number of benzene rings is 1. The Hall–Kier alpha value is -2.58. The van der Waals surface area contributed by atoms with Gasteiger partial charge in [-0.05, 0) is 42.6 Å². The van der Waals surface area contributed by atoms with Crippen LogP contribution in [-0.4, -0.2) is 67.6 Å². The number of ether oxygens (including phenoxy) is 1. The Kier molecular flexibility index (Phi) is 7.27. The molecule has 1 fully saturated rings. The molecule has 7 nitrogen and oxygen atoms in total. The molecular formula is C20H26N4O3S. The molecular weight excluding hydrogens is 376 g/mol. The zero-order chi connectivity index (χ0) is 19.8. The molecule has 0 radical (unpaired) electrons. The van der Waals surface area contributed by atoms with Crippen LogP contribution >= 0.6 is 11.3 Å². The maximum absolute atomic E-state index is 12.4. The summed E-state index contributed by atoms with van der Waals surface area (Å²) in [5.41, 5.74) is 1.47. The van der Waals surface area contributed by atoms with Crippen LogP contribution in [0.1, 0.15) is 17.3 Å². The quantitative estimate of drug-likeness (QED) is 0.747. The molecule has 1 aromatic carbocycles. The molecule has 0 atom stereocenters. The minimum atomic E-state index is -0.0884. The summed E-state index contributed by atoms with van der Waals surface area (Å²) in [6.07, 6.45) is 0. The number of piperazine rings is 1. The predicted molar refractivity (Wildman–Crippen MR) is 111 cm³/mol. The Morgan fingerprint density at radius 2 is 1.86 bits per heavy atom. The number of hydrogen-bond acceptors (Lipinski definition) is 5. The van der Waals surface area contributed by atoms with E-state index in [1.54, 1.807) is 0 Å². The highest BCUT2D eigenvalue weighted by Gasteiger charge is 2.21. The van der Waals surface area contributed by atoms with Gasteiger partial charge in [0.25, 0.3) is 5.91 Å². The molecule has 2 aromatic rings. The van der Waals surface area contributed by atoms with Gasteiger partial charge in [-0.2, -0.15) is 11.3 Å². The number of nitrogens with one attached hydrogen (secondary N) is 2. The number of carbonyl (C=O) groups is 2. The van der Waals surface area contributed by atoms with E-state index < -0.39 is 0 Å². The van der Waals surface area contributed by atoms with Crippen molar-refractivity contribution in [3.63, 3.8) is 0 Å². The second kappa shape index (κ2) is 10.1. The van der Waals surface area contributed by atoms with E-state index in [0.717, 1.165) is 31.1 Å². The highest BCUT2D eigenvalue weighted by atomic mass is 32.1. The number of hydrogen-bond donors (Lipinski definition) is 2. The number of rotatable bonds is 7. The topological polar surface area (TPSA) is 73.9 Å². The Morgan fingerprint density at radius 3 is 2.50 bits per heavy atom. The summed E-state index contributed by atoms with van der Waals surface area (Å²) in [6.45, 7) is 6.87. The standard InChI is InChI=1S/C20H26N4O3S/c1-2-27-18-5-3-17(4-6-18)22-20(26)24-12-10-23(11-13-24)9-8-21-19(25)16-7-14-28-15-16/h3-7,14-15H,2,8-13H2,1H3,(H,21,25)(H,22,26). The maximum Gasteiger partial charge on any atom is 0.321 e. The fourth-order valence-electron chi connectivity index (χ4n) is 3.00. The third-order valence-electron chi connectivity index (χ3n) is 4.57. The van der Waals surface area contributed by atoms with E-state index in [0.29, 0.717) is 31.8 Å². The number of thiophene rings is 1. The third-order valence-corrected chi connectivity index (χ3v) is 5.26. The fourth-order valence-corrected chi connectivity index (χ4v) is 3.64. The van der Waals surface area contributed by atoms with Gasteiger partial charge in [0, 0.05) is 55.9 Å². The van der Waals surface area contributed by atoms with Crippen LogP contribution in [0.3, 0.4) is 0 Å². The van der Waals surface area contributed by atoms with Crippen LogP contribution in [0.4, 0.5) is 10.5 Å². The predicted octanol–water partition coefficient (Wildman–Crippen LogP) is 2.73. The lowest BCUT2D eigenvalue weighted by Crippen LogP contribution is -2.51. The highest BCUT2D eigenvalue weighted by Crippen LogP contribution is 2.16. The van der Waals surface area contributed by atoms with Gasteiger partial charge in [-0.25, -0.2) is 4.79 Å². The number of nitrogens with zero attached hydrogens (tertiary/aromatic N) is 2. The van der Waals surface area contributed by atoms with Gasteiger partial charge >= 0.3 is 6.03 Å². The molecule has 1 aliphatic heterocycles. The van der Waals surface area contributed by atoms with Crippen LogP contribution in [0.5, 0.6) is 5.75 Å². The monoisotopic (exact) mass is 402 g/mol. The minimum Gasteiger partial charge on any atom is -0.494 e. The first-order valence-electron chi connectivity index (χ1n) is 9.47. The van der Waals surface area contributed by atoms with Gasteiger partial charge in [0.15, 0.2) is 0 Å². The molecule has 1 aromatic heterocycles. The van der Waals surface area contributed by atoms with Crippen molar-refractivity contribution in [1.82, 2.24) is 15.1 Å². The molecule has 150 valence electrons. The van der Waals surface area contributed by atoms with Gasteiger partial charge in [0.05, 0.1) is 6.61 Å². The van der Waals surface area contributed by atoms with Crippen LogP contribution < -0.4 is 15.4 Å². The lowest BCUT2D eigenvalue weighted by molar-refractivity contribution is 0.0943. The van der Waals surface area contributed by atoms with Crippen molar-refractivity contribution in [3.8, 4) is 5.75 Å². The summed E-state index contributed by atoms with van der Waals surface area (Å²) in [5.74, 6) is 0.759. The molecule has 1 saturated heterocycles. The van der Waals surface area contributed by atoms with Gasteiger partial charge in [-0.3, -0.25) is 9.69 Å². The first-order chi connectivity index (χ1) is 13.7.